The van der Waals surface area contributed by atoms with Gasteiger partial charge in [0.1, 0.15) is 12.1 Å². The van der Waals surface area contributed by atoms with Crippen molar-refractivity contribution in [2.75, 3.05) is 11.1 Å². The van der Waals surface area contributed by atoms with Gasteiger partial charge in [-0.1, -0.05) is 11.6 Å². The van der Waals surface area contributed by atoms with Crippen LogP contribution in [-0.4, -0.2) is 9.97 Å². The van der Waals surface area contributed by atoms with Crippen LogP contribution in [0.4, 0.5) is 17.2 Å². The van der Waals surface area contributed by atoms with E-state index in [1.807, 2.05) is 36.4 Å². The van der Waals surface area contributed by atoms with Crippen molar-refractivity contribution in [3.05, 3.63) is 52.2 Å². The molecule has 0 fully saturated rings. The number of benzene rings is 2. The first-order chi connectivity index (χ1) is 9.63. The normalized spacial score (nSPS) is 10.7. The van der Waals surface area contributed by atoms with Crippen LogP contribution in [0.25, 0.3) is 10.9 Å². The molecule has 3 aromatic rings. The SMILES string of the molecule is Nc1ccc2ncnc(Nc3ccc(Br)c(Cl)c3)c2c1. The van der Waals surface area contributed by atoms with Crippen LogP contribution in [0.15, 0.2) is 47.2 Å². The Balaban J connectivity index is 2.05. The number of nitrogen functional groups attached to an aromatic ring is 1. The third-order valence-corrected chi connectivity index (χ3v) is 4.07. The largest absolute Gasteiger partial charge is 0.399 e. The van der Waals surface area contributed by atoms with Gasteiger partial charge in [0.2, 0.25) is 0 Å². The third kappa shape index (κ3) is 2.55. The molecule has 100 valence electrons. The van der Waals surface area contributed by atoms with Crippen molar-refractivity contribution in [1.29, 1.82) is 0 Å². The molecule has 4 nitrogen and oxygen atoms in total. The Morgan fingerprint density at radius 2 is 1.95 bits per heavy atom. The van der Waals surface area contributed by atoms with Crippen LogP contribution >= 0.6 is 27.5 Å². The van der Waals surface area contributed by atoms with Crippen molar-refractivity contribution in [2.45, 2.75) is 0 Å². The first-order valence-corrected chi connectivity index (χ1v) is 7.03. The first kappa shape index (κ1) is 13.1. The van der Waals surface area contributed by atoms with E-state index >= 15 is 0 Å². The maximum absolute atomic E-state index is 6.08. The van der Waals surface area contributed by atoms with Crippen molar-refractivity contribution < 1.29 is 0 Å². The van der Waals surface area contributed by atoms with Gasteiger partial charge in [-0.2, -0.15) is 0 Å². The summed E-state index contributed by atoms with van der Waals surface area (Å²) in [5, 5.41) is 4.73. The lowest BCUT2D eigenvalue weighted by atomic mass is 10.2. The Labute approximate surface area is 129 Å². The van der Waals surface area contributed by atoms with Gasteiger partial charge in [-0.05, 0) is 52.3 Å². The van der Waals surface area contributed by atoms with Crippen LogP contribution in [0, 0.1) is 0 Å². The Morgan fingerprint density at radius 3 is 2.75 bits per heavy atom. The lowest BCUT2D eigenvalue weighted by Gasteiger charge is -2.09. The van der Waals surface area contributed by atoms with E-state index in [9.17, 15) is 0 Å². The molecular weight excluding hydrogens is 340 g/mol. The Bertz CT molecular complexity index is 791. The molecule has 0 spiro atoms. The Hall–Kier alpha value is -1.85. The van der Waals surface area contributed by atoms with Gasteiger partial charge in [-0.3, -0.25) is 0 Å². The highest BCUT2D eigenvalue weighted by molar-refractivity contribution is 9.10. The average Bonchev–Trinajstić information content (AvgIpc) is 2.44. The summed E-state index contributed by atoms with van der Waals surface area (Å²) in [6.45, 7) is 0. The number of nitrogens with zero attached hydrogens (tertiary/aromatic N) is 2. The fourth-order valence-corrected chi connectivity index (χ4v) is 2.31. The zero-order valence-corrected chi connectivity index (χ0v) is 12.6. The zero-order chi connectivity index (χ0) is 14.1. The van der Waals surface area contributed by atoms with E-state index in [-0.39, 0.29) is 0 Å². The second kappa shape index (κ2) is 5.26. The number of anilines is 3. The average molecular weight is 350 g/mol. The molecule has 0 saturated heterocycles. The molecule has 3 N–H and O–H groups in total. The summed E-state index contributed by atoms with van der Waals surface area (Å²) in [6.07, 6.45) is 1.52. The molecule has 0 aliphatic carbocycles. The highest BCUT2D eigenvalue weighted by Gasteiger charge is 2.06. The van der Waals surface area contributed by atoms with Gasteiger partial charge < -0.3 is 11.1 Å². The number of nitrogens with two attached hydrogens (primary N) is 1. The van der Waals surface area contributed by atoms with E-state index in [0.29, 0.717) is 16.5 Å². The molecule has 6 heteroatoms. The number of aromatic nitrogens is 2. The summed E-state index contributed by atoms with van der Waals surface area (Å²) < 4.78 is 0.849. The smallest absolute Gasteiger partial charge is 0.141 e. The fourth-order valence-electron chi connectivity index (χ4n) is 1.88. The second-order valence-electron chi connectivity index (χ2n) is 4.25. The standard InChI is InChI=1S/C14H10BrClN4/c15-11-3-2-9(6-12(11)16)20-14-10-5-8(17)1-4-13(10)18-7-19-14/h1-7H,17H2,(H,18,19,20). The van der Waals surface area contributed by atoms with Gasteiger partial charge in [0.05, 0.1) is 10.5 Å². The van der Waals surface area contributed by atoms with Crippen LogP contribution in [0.2, 0.25) is 5.02 Å². The number of halogens is 2. The van der Waals surface area contributed by atoms with Crippen molar-refractivity contribution in [1.82, 2.24) is 9.97 Å². The highest BCUT2D eigenvalue weighted by atomic mass is 79.9. The van der Waals surface area contributed by atoms with Crippen LogP contribution in [0.1, 0.15) is 0 Å². The van der Waals surface area contributed by atoms with E-state index in [4.69, 9.17) is 17.3 Å². The lowest BCUT2D eigenvalue weighted by molar-refractivity contribution is 1.22. The molecule has 1 heterocycles. The number of rotatable bonds is 2. The van der Waals surface area contributed by atoms with Crippen molar-refractivity contribution >= 4 is 55.6 Å². The molecule has 0 unspecified atom stereocenters. The summed E-state index contributed by atoms with van der Waals surface area (Å²) in [7, 11) is 0. The molecule has 0 aliphatic heterocycles. The molecule has 0 atom stereocenters. The molecule has 2 aromatic carbocycles. The zero-order valence-electron chi connectivity index (χ0n) is 10.3. The second-order valence-corrected chi connectivity index (χ2v) is 5.51. The van der Waals surface area contributed by atoms with Gasteiger partial charge in [-0.15, -0.1) is 0 Å². The van der Waals surface area contributed by atoms with Crippen molar-refractivity contribution in [3.63, 3.8) is 0 Å². The number of nitrogens with one attached hydrogen (secondary N) is 1. The molecule has 20 heavy (non-hydrogen) atoms. The molecule has 3 rings (SSSR count). The van der Waals surface area contributed by atoms with Crippen molar-refractivity contribution in [3.8, 4) is 0 Å². The summed E-state index contributed by atoms with van der Waals surface area (Å²) in [4.78, 5) is 8.48. The molecule has 0 aliphatic rings. The van der Waals surface area contributed by atoms with Crippen molar-refractivity contribution in [2.24, 2.45) is 0 Å². The minimum atomic E-state index is 0.632. The van der Waals surface area contributed by atoms with E-state index in [1.165, 1.54) is 6.33 Å². The maximum atomic E-state index is 6.08. The van der Waals surface area contributed by atoms with Crippen LogP contribution in [0.5, 0.6) is 0 Å². The quantitative estimate of drug-likeness (QED) is 0.674. The van der Waals surface area contributed by atoms with Crippen LogP contribution in [0.3, 0.4) is 0 Å². The highest BCUT2D eigenvalue weighted by Crippen LogP contribution is 2.29. The number of hydrogen-bond acceptors (Lipinski definition) is 4. The topological polar surface area (TPSA) is 63.8 Å². The van der Waals surface area contributed by atoms with Gasteiger partial charge in [-0.25, -0.2) is 9.97 Å². The minimum Gasteiger partial charge on any atom is -0.399 e. The van der Waals surface area contributed by atoms with Gasteiger partial charge in [0, 0.05) is 21.2 Å². The third-order valence-electron chi connectivity index (χ3n) is 2.84. The molecule has 0 saturated carbocycles. The molecular formula is C14H10BrClN4. The van der Waals surface area contributed by atoms with Crippen LogP contribution < -0.4 is 11.1 Å². The molecule has 1 aromatic heterocycles. The predicted molar refractivity (Wildman–Crippen MR) is 86.4 cm³/mol. The summed E-state index contributed by atoms with van der Waals surface area (Å²) in [5.41, 5.74) is 8.17. The maximum Gasteiger partial charge on any atom is 0.141 e. The summed E-state index contributed by atoms with van der Waals surface area (Å²) in [5.74, 6) is 0.695. The monoisotopic (exact) mass is 348 g/mol. The number of hydrogen-bond donors (Lipinski definition) is 2. The Morgan fingerprint density at radius 1 is 1.10 bits per heavy atom. The van der Waals surface area contributed by atoms with E-state index in [2.05, 4.69) is 31.2 Å². The van der Waals surface area contributed by atoms with Crippen LogP contribution in [-0.2, 0) is 0 Å². The summed E-state index contributed by atoms with van der Waals surface area (Å²) >= 11 is 9.45. The number of fused-ring (bicyclic) bond motifs is 1. The lowest BCUT2D eigenvalue weighted by Crippen LogP contribution is -1.97. The molecule has 0 radical (unpaired) electrons. The first-order valence-electron chi connectivity index (χ1n) is 5.86. The summed E-state index contributed by atoms with van der Waals surface area (Å²) in [6, 6.07) is 11.1. The Kier molecular flexibility index (Phi) is 3.46. The molecule has 0 bridgehead atoms. The molecule has 0 amide bonds. The predicted octanol–water partition coefficient (Wildman–Crippen LogP) is 4.37. The minimum absolute atomic E-state index is 0.632. The van der Waals surface area contributed by atoms with Gasteiger partial charge in [0.25, 0.3) is 0 Å². The fraction of sp³-hybridized carbons (Fsp3) is 0. The van der Waals surface area contributed by atoms with E-state index in [1.54, 1.807) is 0 Å². The van der Waals surface area contributed by atoms with Gasteiger partial charge >= 0.3 is 0 Å². The van der Waals surface area contributed by atoms with E-state index < -0.39 is 0 Å². The van der Waals surface area contributed by atoms with Gasteiger partial charge in [0.15, 0.2) is 0 Å². The van der Waals surface area contributed by atoms with E-state index in [0.717, 1.165) is 21.1 Å².